The minimum Gasteiger partial charge on any atom is -0.478 e. The lowest BCUT2D eigenvalue weighted by atomic mass is 10.1. The average Bonchev–Trinajstić information content (AvgIpc) is 2.89. The maximum atomic E-state index is 11.4. The third-order valence-corrected chi connectivity index (χ3v) is 3.07. The van der Waals surface area contributed by atoms with Crippen LogP contribution in [0.2, 0.25) is 0 Å². The van der Waals surface area contributed by atoms with Gasteiger partial charge in [0.15, 0.2) is 5.65 Å². The zero-order valence-electron chi connectivity index (χ0n) is 10.8. The molecule has 6 heteroatoms. The summed E-state index contributed by atoms with van der Waals surface area (Å²) in [5.41, 5.74) is 1.93. The molecule has 0 fully saturated rings. The Morgan fingerprint density at radius 1 is 1.35 bits per heavy atom. The van der Waals surface area contributed by atoms with Crippen LogP contribution in [0, 0.1) is 0 Å². The first-order valence-corrected chi connectivity index (χ1v) is 6.22. The number of hydrogen-bond acceptors (Lipinski definition) is 4. The highest BCUT2D eigenvalue weighted by atomic mass is 16.4. The van der Waals surface area contributed by atoms with Gasteiger partial charge in [-0.3, -0.25) is 4.98 Å². The summed E-state index contributed by atoms with van der Waals surface area (Å²) in [4.78, 5) is 20.1. The van der Waals surface area contributed by atoms with E-state index in [1.54, 1.807) is 23.0 Å². The Kier molecular flexibility index (Phi) is 2.90. The first-order chi connectivity index (χ1) is 9.70. The molecule has 0 atom stereocenters. The van der Waals surface area contributed by atoms with Crippen molar-refractivity contribution in [2.24, 2.45) is 0 Å². The summed E-state index contributed by atoms with van der Waals surface area (Å²) in [6.45, 7) is 2.56. The predicted octanol–water partition coefficient (Wildman–Crippen LogP) is 2.21. The molecule has 0 spiro atoms. The number of carbonyl (C=O) groups is 1. The van der Waals surface area contributed by atoms with Gasteiger partial charge in [-0.25, -0.2) is 14.5 Å². The number of nitrogens with zero attached hydrogens (tertiary/aromatic N) is 4. The maximum Gasteiger partial charge on any atom is 0.336 e. The van der Waals surface area contributed by atoms with Crippen molar-refractivity contribution in [1.29, 1.82) is 0 Å². The topological polar surface area (TPSA) is 80.9 Å². The van der Waals surface area contributed by atoms with Crippen molar-refractivity contribution in [2.45, 2.75) is 13.5 Å². The molecule has 0 saturated carbocycles. The fraction of sp³-hybridized carbons (Fsp3) is 0.143. The quantitative estimate of drug-likeness (QED) is 0.787. The normalized spacial score (nSPS) is 10.8. The molecule has 3 aromatic rings. The summed E-state index contributed by atoms with van der Waals surface area (Å²) in [7, 11) is 0. The van der Waals surface area contributed by atoms with Crippen LogP contribution in [0.5, 0.6) is 0 Å². The molecule has 0 radical (unpaired) electrons. The van der Waals surface area contributed by atoms with E-state index < -0.39 is 5.97 Å². The molecule has 0 aliphatic carbocycles. The second kappa shape index (κ2) is 4.73. The summed E-state index contributed by atoms with van der Waals surface area (Å²) in [5.74, 6) is -0.995. The van der Waals surface area contributed by atoms with E-state index in [-0.39, 0.29) is 5.56 Å². The highest BCUT2D eigenvalue weighted by Gasteiger charge is 2.16. The second-order valence-corrected chi connectivity index (χ2v) is 4.27. The molecular weight excluding hydrogens is 256 g/mol. The molecule has 3 heterocycles. The summed E-state index contributed by atoms with van der Waals surface area (Å²) >= 11 is 0. The van der Waals surface area contributed by atoms with E-state index in [1.165, 1.54) is 12.3 Å². The number of carboxylic acids is 1. The zero-order valence-corrected chi connectivity index (χ0v) is 10.8. The fourth-order valence-electron chi connectivity index (χ4n) is 2.10. The van der Waals surface area contributed by atoms with E-state index >= 15 is 0 Å². The molecule has 0 aliphatic rings. The monoisotopic (exact) mass is 268 g/mol. The van der Waals surface area contributed by atoms with E-state index in [1.807, 2.05) is 13.0 Å². The Morgan fingerprint density at radius 2 is 2.20 bits per heavy atom. The number of aromatic carboxylic acids is 1. The van der Waals surface area contributed by atoms with Crippen LogP contribution in [0.1, 0.15) is 17.3 Å². The molecule has 3 rings (SSSR count). The minimum absolute atomic E-state index is 0.190. The van der Waals surface area contributed by atoms with Crippen LogP contribution < -0.4 is 0 Å². The third-order valence-electron chi connectivity index (χ3n) is 3.07. The number of hydrogen-bond donors (Lipinski definition) is 1. The molecule has 0 bridgehead atoms. The lowest BCUT2D eigenvalue weighted by Crippen LogP contribution is -2.03. The van der Waals surface area contributed by atoms with Crippen LogP contribution in [0.15, 0.2) is 36.7 Å². The van der Waals surface area contributed by atoms with Gasteiger partial charge in [0, 0.05) is 12.7 Å². The highest BCUT2D eigenvalue weighted by molar-refractivity contribution is 6.02. The molecule has 6 nitrogen and oxygen atoms in total. The van der Waals surface area contributed by atoms with Crippen LogP contribution in [0.25, 0.3) is 22.4 Å². The summed E-state index contributed by atoms with van der Waals surface area (Å²) < 4.78 is 1.67. The van der Waals surface area contributed by atoms with Gasteiger partial charge in [-0.2, -0.15) is 5.10 Å². The van der Waals surface area contributed by atoms with Crippen molar-refractivity contribution in [2.75, 3.05) is 0 Å². The largest absolute Gasteiger partial charge is 0.478 e. The van der Waals surface area contributed by atoms with E-state index in [0.717, 1.165) is 0 Å². The van der Waals surface area contributed by atoms with Gasteiger partial charge in [0.1, 0.15) is 0 Å². The Bertz CT molecular complexity index is 780. The van der Waals surface area contributed by atoms with Gasteiger partial charge in [0.2, 0.25) is 0 Å². The van der Waals surface area contributed by atoms with Gasteiger partial charge in [-0.05, 0) is 25.1 Å². The Labute approximate surface area is 114 Å². The van der Waals surface area contributed by atoms with Gasteiger partial charge in [0.25, 0.3) is 0 Å². The van der Waals surface area contributed by atoms with Crippen molar-refractivity contribution < 1.29 is 9.90 Å². The second-order valence-electron chi connectivity index (χ2n) is 4.27. The molecule has 0 unspecified atom stereocenters. The molecule has 20 heavy (non-hydrogen) atoms. The maximum absolute atomic E-state index is 11.4. The van der Waals surface area contributed by atoms with Gasteiger partial charge < -0.3 is 5.11 Å². The van der Waals surface area contributed by atoms with Crippen molar-refractivity contribution in [1.82, 2.24) is 19.7 Å². The van der Waals surface area contributed by atoms with Gasteiger partial charge >= 0.3 is 5.97 Å². The van der Waals surface area contributed by atoms with Crippen molar-refractivity contribution >= 4 is 17.0 Å². The molecule has 1 N–H and O–H groups in total. The third kappa shape index (κ3) is 1.91. The SMILES string of the molecule is CCn1ncc2c(C(=O)O)cc(-c3ccccn3)nc21. The number of pyridine rings is 2. The highest BCUT2D eigenvalue weighted by Crippen LogP contribution is 2.23. The van der Waals surface area contributed by atoms with Gasteiger partial charge in [-0.15, -0.1) is 0 Å². The van der Waals surface area contributed by atoms with Crippen LogP contribution in [0.3, 0.4) is 0 Å². The molecule has 0 aliphatic heterocycles. The summed E-state index contributed by atoms with van der Waals surface area (Å²) in [6, 6.07) is 6.98. The number of aromatic nitrogens is 4. The number of aryl methyl sites for hydroxylation is 1. The van der Waals surface area contributed by atoms with E-state index in [9.17, 15) is 9.90 Å². The fourth-order valence-corrected chi connectivity index (χ4v) is 2.10. The first kappa shape index (κ1) is 12.3. The Balaban J connectivity index is 2.31. The van der Waals surface area contributed by atoms with Gasteiger partial charge in [0.05, 0.1) is 28.5 Å². The lowest BCUT2D eigenvalue weighted by molar-refractivity contribution is 0.0699. The molecule has 100 valence electrons. The van der Waals surface area contributed by atoms with Crippen molar-refractivity contribution in [3.63, 3.8) is 0 Å². The summed E-state index contributed by atoms with van der Waals surface area (Å²) in [6.07, 6.45) is 3.19. The Hall–Kier alpha value is -2.76. The first-order valence-electron chi connectivity index (χ1n) is 6.22. The van der Waals surface area contributed by atoms with E-state index in [0.29, 0.717) is 29.0 Å². The van der Waals surface area contributed by atoms with Crippen LogP contribution in [0.4, 0.5) is 0 Å². The van der Waals surface area contributed by atoms with Crippen molar-refractivity contribution in [3.05, 3.63) is 42.2 Å². The lowest BCUT2D eigenvalue weighted by Gasteiger charge is -2.05. The number of rotatable bonds is 3. The Morgan fingerprint density at radius 3 is 2.85 bits per heavy atom. The zero-order chi connectivity index (χ0) is 14.1. The van der Waals surface area contributed by atoms with Gasteiger partial charge in [-0.1, -0.05) is 6.07 Å². The van der Waals surface area contributed by atoms with Crippen molar-refractivity contribution in [3.8, 4) is 11.4 Å². The van der Waals surface area contributed by atoms with E-state index in [2.05, 4.69) is 15.1 Å². The molecular formula is C14H12N4O2. The van der Waals surface area contributed by atoms with E-state index in [4.69, 9.17) is 0 Å². The molecule has 0 saturated heterocycles. The summed E-state index contributed by atoms with van der Waals surface area (Å²) in [5, 5.41) is 14.1. The smallest absolute Gasteiger partial charge is 0.336 e. The predicted molar refractivity (Wildman–Crippen MR) is 73.4 cm³/mol. The molecule has 0 aromatic carbocycles. The van der Waals surface area contributed by atoms with Crippen LogP contribution >= 0.6 is 0 Å². The molecule has 0 amide bonds. The number of carboxylic acid groups (broad SMARTS) is 1. The average molecular weight is 268 g/mol. The minimum atomic E-state index is -0.995. The van der Waals surface area contributed by atoms with Crippen LogP contribution in [-0.4, -0.2) is 30.8 Å². The standard InChI is InChI=1S/C14H12N4O2/c1-2-18-13-10(8-16-18)9(14(19)20)7-12(17-13)11-5-3-4-6-15-11/h3-8H,2H2,1H3,(H,19,20). The molecule has 3 aromatic heterocycles. The number of fused-ring (bicyclic) bond motifs is 1. The van der Waals surface area contributed by atoms with Crippen LogP contribution in [-0.2, 0) is 6.54 Å².